The molecule has 0 unspecified atom stereocenters. The van der Waals surface area contributed by atoms with Gasteiger partial charge in [0.2, 0.25) is 0 Å². The fraction of sp³-hybridized carbons (Fsp3) is 0.143. The van der Waals surface area contributed by atoms with Gasteiger partial charge in [0.25, 0.3) is 5.91 Å². The van der Waals surface area contributed by atoms with Gasteiger partial charge in [-0.15, -0.1) is 0 Å². The van der Waals surface area contributed by atoms with Crippen LogP contribution in [-0.4, -0.2) is 17.9 Å². The zero-order valence-corrected chi connectivity index (χ0v) is 12.0. The Kier molecular flexibility index (Phi) is 4.08. The number of carbonyl (C=O) groups is 1. The number of nitrogens with zero attached hydrogens (tertiary/aromatic N) is 1. The van der Waals surface area contributed by atoms with Gasteiger partial charge in [-0.05, 0) is 36.8 Å². The number of hydrogen-bond acceptors (Lipinski definition) is 2. The third kappa shape index (κ3) is 2.88. The van der Waals surface area contributed by atoms with Crippen LogP contribution >= 0.6 is 23.2 Å². The molecule has 0 aliphatic carbocycles. The molecule has 0 bridgehead atoms. The molecule has 0 radical (unpaired) electrons. The molecular weight excluding hydrogens is 283 g/mol. The summed E-state index contributed by atoms with van der Waals surface area (Å²) in [6, 6.07) is 6.90. The standard InChI is InChI=1S/C14H12Cl2N2O/c1-8-5-13(16)18-7-11(8)10-6-9(14(19)17-2)3-4-12(10)15/h3-7H,1-2H3,(H,17,19). The molecule has 98 valence electrons. The summed E-state index contributed by atoms with van der Waals surface area (Å²) in [6.45, 7) is 1.92. The molecule has 0 atom stereocenters. The molecule has 1 N–H and O–H groups in total. The van der Waals surface area contributed by atoms with E-state index in [1.54, 1.807) is 37.5 Å². The number of amides is 1. The smallest absolute Gasteiger partial charge is 0.251 e. The number of halogens is 2. The van der Waals surface area contributed by atoms with Crippen LogP contribution < -0.4 is 5.32 Å². The van der Waals surface area contributed by atoms with Gasteiger partial charge in [-0.3, -0.25) is 4.79 Å². The lowest BCUT2D eigenvalue weighted by Gasteiger charge is -2.10. The first-order valence-electron chi connectivity index (χ1n) is 5.67. The van der Waals surface area contributed by atoms with E-state index < -0.39 is 0 Å². The fourth-order valence-corrected chi connectivity index (χ4v) is 2.25. The first-order valence-corrected chi connectivity index (χ1v) is 6.42. The van der Waals surface area contributed by atoms with Crippen LogP contribution in [0.2, 0.25) is 10.2 Å². The predicted molar refractivity (Wildman–Crippen MR) is 77.8 cm³/mol. The molecule has 1 aromatic heterocycles. The largest absolute Gasteiger partial charge is 0.355 e. The molecule has 2 rings (SSSR count). The Hall–Kier alpha value is -1.58. The van der Waals surface area contributed by atoms with Crippen molar-refractivity contribution in [3.8, 4) is 11.1 Å². The van der Waals surface area contributed by atoms with Gasteiger partial charge in [0.1, 0.15) is 5.15 Å². The number of hydrogen-bond donors (Lipinski definition) is 1. The van der Waals surface area contributed by atoms with Crippen molar-refractivity contribution in [2.24, 2.45) is 0 Å². The third-order valence-corrected chi connectivity index (χ3v) is 3.36. The molecule has 1 heterocycles. The van der Waals surface area contributed by atoms with Gasteiger partial charge in [0, 0.05) is 35.0 Å². The minimum atomic E-state index is -0.155. The van der Waals surface area contributed by atoms with E-state index in [-0.39, 0.29) is 5.91 Å². The van der Waals surface area contributed by atoms with Gasteiger partial charge < -0.3 is 5.32 Å². The van der Waals surface area contributed by atoms with Crippen molar-refractivity contribution in [3.63, 3.8) is 0 Å². The number of aromatic nitrogens is 1. The molecule has 0 saturated heterocycles. The number of aryl methyl sites for hydroxylation is 1. The molecule has 0 spiro atoms. The molecule has 3 nitrogen and oxygen atoms in total. The average molecular weight is 295 g/mol. The van der Waals surface area contributed by atoms with Crippen molar-refractivity contribution in [2.75, 3.05) is 7.05 Å². The summed E-state index contributed by atoms with van der Waals surface area (Å²) in [5.74, 6) is -0.155. The van der Waals surface area contributed by atoms with Crippen LogP contribution in [0.25, 0.3) is 11.1 Å². The van der Waals surface area contributed by atoms with Gasteiger partial charge in [0.15, 0.2) is 0 Å². The van der Waals surface area contributed by atoms with E-state index in [4.69, 9.17) is 23.2 Å². The molecule has 0 aliphatic heterocycles. The molecule has 2 aromatic rings. The predicted octanol–water partition coefficient (Wildman–Crippen LogP) is 3.72. The summed E-state index contributed by atoms with van der Waals surface area (Å²) in [5, 5.41) is 3.58. The lowest BCUT2D eigenvalue weighted by Crippen LogP contribution is -2.17. The summed E-state index contributed by atoms with van der Waals surface area (Å²) in [6.07, 6.45) is 1.66. The van der Waals surface area contributed by atoms with Crippen LogP contribution in [0.4, 0.5) is 0 Å². The second kappa shape index (κ2) is 5.59. The SMILES string of the molecule is CNC(=O)c1ccc(Cl)c(-c2cnc(Cl)cc2C)c1. The lowest BCUT2D eigenvalue weighted by molar-refractivity contribution is 0.0963. The highest BCUT2D eigenvalue weighted by Gasteiger charge is 2.11. The first-order chi connectivity index (χ1) is 9.02. The van der Waals surface area contributed by atoms with E-state index in [0.29, 0.717) is 15.7 Å². The van der Waals surface area contributed by atoms with Crippen LogP contribution in [-0.2, 0) is 0 Å². The lowest BCUT2D eigenvalue weighted by atomic mass is 10.0. The Bertz CT molecular complexity index is 641. The summed E-state index contributed by atoms with van der Waals surface area (Å²) >= 11 is 12.0. The Labute approximate surface area is 121 Å². The average Bonchev–Trinajstić information content (AvgIpc) is 2.39. The maximum Gasteiger partial charge on any atom is 0.251 e. The van der Waals surface area contributed by atoms with E-state index >= 15 is 0 Å². The maximum absolute atomic E-state index is 11.7. The van der Waals surface area contributed by atoms with E-state index in [1.165, 1.54) is 0 Å². The van der Waals surface area contributed by atoms with Crippen molar-refractivity contribution in [1.29, 1.82) is 0 Å². The zero-order valence-electron chi connectivity index (χ0n) is 10.5. The van der Waals surface area contributed by atoms with E-state index in [9.17, 15) is 4.79 Å². The van der Waals surface area contributed by atoms with E-state index in [0.717, 1.165) is 16.7 Å². The van der Waals surface area contributed by atoms with Crippen LogP contribution in [0.1, 0.15) is 15.9 Å². The van der Waals surface area contributed by atoms with Crippen molar-refractivity contribution in [3.05, 3.63) is 51.8 Å². The summed E-state index contributed by atoms with van der Waals surface area (Å²) < 4.78 is 0. The molecular formula is C14H12Cl2N2O. The van der Waals surface area contributed by atoms with Crippen LogP contribution in [0.15, 0.2) is 30.5 Å². The molecule has 19 heavy (non-hydrogen) atoms. The number of rotatable bonds is 2. The topological polar surface area (TPSA) is 42.0 Å². The Balaban J connectivity index is 2.57. The fourth-order valence-electron chi connectivity index (χ4n) is 1.82. The van der Waals surface area contributed by atoms with Crippen molar-refractivity contribution < 1.29 is 4.79 Å². The second-order valence-corrected chi connectivity index (χ2v) is 4.89. The van der Waals surface area contributed by atoms with E-state index in [2.05, 4.69) is 10.3 Å². The van der Waals surface area contributed by atoms with Gasteiger partial charge >= 0.3 is 0 Å². The number of benzene rings is 1. The molecule has 5 heteroatoms. The zero-order chi connectivity index (χ0) is 14.0. The highest BCUT2D eigenvalue weighted by molar-refractivity contribution is 6.33. The Morgan fingerprint density at radius 1 is 1.21 bits per heavy atom. The highest BCUT2D eigenvalue weighted by atomic mass is 35.5. The van der Waals surface area contributed by atoms with Crippen LogP contribution in [0, 0.1) is 6.92 Å². The summed E-state index contributed by atoms with van der Waals surface area (Å²) in [4.78, 5) is 15.7. The molecule has 0 fully saturated rings. The third-order valence-electron chi connectivity index (χ3n) is 2.82. The maximum atomic E-state index is 11.7. The minimum absolute atomic E-state index is 0.155. The van der Waals surface area contributed by atoms with Gasteiger partial charge in [-0.1, -0.05) is 23.2 Å². The van der Waals surface area contributed by atoms with Crippen LogP contribution in [0.5, 0.6) is 0 Å². The Morgan fingerprint density at radius 2 is 1.95 bits per heavy atom. The molecule has 1 aromatic carbocycles. The van der Waals surface area contributed by atoms with Gasteiger partial charge in [-0.25, -0.2) is 4.98 Å². The molecule has 0 aliphatic rings. The summed E-state index contributed by atoms with van der Waals surface area (Å²) in [5.41, 5.74) is 3.14. The highest BCUT2D eigenvalue weighted by Crippen LogP contribution is 2.31. The monoisotopic (exact) mass is 294 g/mol. The van der Waals surface area contributed by atoms with Gasteiger partial charge in [-0.2, -0.15) is 0 Å². The van der Waals surface area contributed by atoms with Crippen molar-refractivity contribution in [1.82, 2.24) is 10.3 Å². The minimum Gasteiger partial charge on any atom is -0.355 e. The van der Waals surface area contributed by atoms with Gasteiger partial charge in [0.05, 0.1) is 0 Å². The quantitative estimate of drug-likeness (QED) is 0.858. The first kappa shape index (κ1) is 13.8. The molecule has 0 saturated carbocycles. The van der Waals surface area contributed by atoms with Crippen molar-refractivity contribution >= 4 is 29.1 Å². The Morgan fingerprint density at radius 3 is 2.58 bits per heavy atom. The summed E-state index contributed by atoms with van der Waals surface area (Å²) in [7, 11) is 1.59. The van der Waals surface area contributed by atoms with Crippen LogP contribution in [0.3, 0.4) is 0 Å². The number of carbonyl (C=O) groups excluding carboxylic acids is 1. The second-order valence-electron chi connectivity index (χ2n) is 4.10. The van der Waals surface area contributed by atoms with E-state index in [1.807, 2.05) is 6.92 Å². The number of nitrogens with one attached hydrogen (secondary N) is 1. The van der Waals surface area contributed by atoms with Crippen molar-refractivity contribution in [2.45, 2.75) is 6.92 Å². The number of pyridine rings is 1. The molecule has 1 amide bonds. The normalized spacial score (nSPS) is 10.3.